The molecule has 2 aromatic heterocycles. The van der Waals surface area contributed by atoms with E-state index >= 15 is 0 Å². The second-order valence-electron chi connectivity index (χ2n) is 7.67. The number of hydrogen-bond acceptors (Lipinski definition) is 5. The second kappa shape index (κ2) is 6.35. The first-order valence-electron chi connectivity index (χ1n) is 9.81. The Labute approximate surface area is 167 Å². The molecule has 144 valence electrons. The molecule has 0 amide bonds. The van der Waals surface area contributed by atoms with Crippen molar-refractivity contribution in [2.45, 2.75) is 18.5 Å². The van der Waals surface area contributed by atoms with Gasteiger partial charge in [-0.2, -0.15) is 0 Å². The molecule has 1 N–H and O–H groups in total. The summed E-state index contributed by atoms with van der Waals surface area (Å²) in [7, 11) is 0. The lowest BCUT2D eigenvalue weighted by molar-refractivity contribution is 0.580. The van der Waals surface area contributed by atoms with Gasteiger partial charge >= 0.3 is 0 Å². The fraction of sp³-hybridized carbons (Fsp3) is 0.227. The number of fused-ring (bicyclic) bond motifs is 3. The Balaban J connectivity index is 1.55. The summed E-state index contributed by atoms with van der Waals surface area (Å²) in [6.07, 6.45) is 4.45. The minimum absolute atomic E-state index is 0.265. The number of nitrogens with one attached hydrogen (secondary N) is 1. The van der Waals surface area contributed by atoms with Gasteiger partial charge in [0.2, 0.25) is 0 Å². The number of aromatic nitrogens is 4. The smallest absolute Gasteiger partial charge is 0.146 e. The van der Waals surface area contributed by atoms with Gasteiger partial charge in [-0.1, -0.05) is 0 Å². The number of anilines is 1. The van der Waals surface area contributed by atoms with Crippen LogP contribution in [0.1, 0.15) is 6.42 Å². The maximum atomic E-state index is 13.5. The molecule has 6 rings (SSSR count). The van der Waals surface area contributed by atoms with E-state index in [-0.39, 0.29) is 5.82 Å². The van der Waals surface area contributed by atoms with Crippen LogP contribution < -0.4 is 10.2 Å². The van der Waals surface area contributed by atoms with Crippen LogP contribution in [0.2, 0.25) is 0 Å². The van der Waals surface area contributed by atoms with Crippen molar-refractivity contribution in [2.75, 3.05) is 18.0 Å². The quantitative estimate of drug-likeness (QED) is 0.586. The molecule has 0 spiro atoms. The van der Waals surface area contributed by atoms with Crippen LogP contribution >= 0.6 is 0 Å². The maximum absolute atomic E-state index is 13.5. The number of benzene rings is 2. The average Bonchev–Trinajstić information content (AvgIpc) is 3.48. The van der Waals surface area contributed by atoms with E-state index in [4.69, 9.17) is 4.98 Å². The van der Waals surface area contributed by atoms with E-state index in [1.165, 1.54) is 30.6 Å². The van der Waals surface area contributed by atoms with Crippen molar-refractivity contribution in [2.24, 2.45) is 0 Å². The predicted octanol–water partition coefficient (Wildman–Crippen LogP) is 3.17. The molecule has 0 unspecified atom stereocenters. The third kappa shape index (κ3) is 2.69. The first kappa shape index (κ1) is 16.6. The Hall–Kier alpha value is -3.32. The number of hydrogen-bond donors (Lipinski definition) is 1. The van der Waals surface area contributed by atoms with Crippen LogP contribution in [0, 0.1) is 5.82 Å². The average molecular weight is 386 g/mol. The summed E-state index contributed by atoms with van der Waals surface area (Å²) in [6, 6.07) is 15.8. The third-order valence-corrected chi connectivity index (χ3v) is 5.92. The molecule has 4 aromatic rings. The Morgan fingerprint density at radius 3 is 2.69 bits per heavy atom. The molecule has 2 saturated heterocycles. The fourth-order valence-corrected chi connectivity index (χ4v) is 4.56. The predicted molar refractivity (Wildman–Crippen MR) is 110 cm³/mol. The van der Waals surface area contributed by atoms with E-state index in [9.17, 15) is 4.39 Å². The second-order valence-corrected chi connectivity index (χ2v) is 7.67. The van der Waals surface area contributed by atoms with Crippen molar-refractivity contribution in [1.82, 2.24) is 24.8 Å². The molecule has 29 heavy (non-hydrogen) atoms. The van der Waals surface area contributed by atoms with Gasteiger partial charge in [-0.25, -0.2) is 19.3 Å². The maximum Gasteiger partial charge on any atom is 0.146 e. The van der Waals surface area contributed by atoms with E-state index in [1.807, 2.05) is 10.6 Å². The number of halogens is 1. The Morgan fingerprint density at radius 1 is 1.07 bits per heavy atom. The zero-order chi connectivity index (χ0) is 19.4. The van der Waals surface area contributed by atoms with Crippen molar-refractivity contribution in [3.8, 4) is 17.2 Å². The summed E-state index contributed by atoms with van der Waals surface area (Å²) in [4.78, 5) is 15.8. The molecule has 7 heteroatoms. The summed E-state index contributed by atoms with van der Waals surface area (Å²) in [5.74, 6) is 1.21. The highest BCUT2D eigenvalue weighted by molar-refractivity contribution is 5.86. The zero-order valence-corrected chi connectivity index (χ0v) is 15.7. The molecule has 0 aliphatic carbocycles. The van der Waals surface area contributed by atoms with Crippen molar-refractivity contribution in [3.05, 3.63) is 66.9 Å². The fourth-order valence-electron chi connectivity index (χ4n) is 4.56. The molecule has 0 saturated carbocycles. The summed E-state index contributed by atoms with van der Waals surface area (Å²) in [5, 5.41) is 3.55. The zero-order valence-electron chi connectivity index (χ0n) is 15.7. The van der Waals surface area contributed by atoms with Crippen molar-refractivity contribution >= 4 is 16.7 Å². The highest BCUT2D eigenvalue weighted by Crippen LogP contribution is 2.34. The summed E-state index contributed by atoms with van der Waals surface area (Å²) < 4.78 is 15.5. The molecule has 2 aromatic carbocycles. The molecule has 4 heterocycles. The Kier molecular flexibility index (Phi) is 3.64. The van der Waals surface area contributed by atoms with E-state index in [0.29, 0.717) is 12.1 Å². The summed E-state index contributed by atoms with van der Waals surface area (Å²) in [5.41, 5.74) is 3.91. The van der Waals surface area contributed by atoms with Crippen LogP contribution in [0.5, 0.6) is 0 Å². The molecule has 2 aliphatic rings. The molecular formula is C22H19FN6. The van der Waals surface area contributed by atoms with E-state index in [1.54, 1.807) is 18.3 Å². The van der Waals surface area contributed by atoms with Crippen LogP contribution in [-0.2, 0) is 0 Å². The normalized spacial score (nSPS) is 20.7. The Bertz CT molecular complexity index is 1190. The molecule has 2 aliphatic heterocycles. The number of rotatable bonds is 3. The summed E-state index contributed by atoms with van der Waals surface area (Å²) in [6.45, 7) is 2.07. The van der Waals surface area contributed by atoms with Gasteiger partial charge in [0.15, 0.2) is 0 Å². The first-order valence-corrected chi connectivity index (χ1v) is 9.81. The van der Waals surface area contributed by atoms with Crippen LogP contribution in [-0.4, -0.2) is 44.7 Å². The SMILES string of the molecule is Fc1ccc(-c2nc3ccc(N4C[C@H]5C[C@@H]4CN5)cc3n2-c2ccncn2)cc1. The van der Waals surface area contributed by atoms with Crippen LogP contribution in [0.25, 0.3) is 28.2 Å². The number of imidazole rings is 1. The molecule has 2 fully saturated rings. The van der Waals surface area contributed by atoms with E-state index in [0.717, 1.165) is 41.3 Å². The molecular weight excluding hydrogens is 367 g/mol. The van der Waals surface area contributed by atoms with Crippen LogP contribution in [0.15, 0.2) is 61.1 Å². The minimum atomic E-state index is -0.265. The third-order valence-electron chi connectivity index (χ3n) is 5.92. The largest absolute Gasteiger partial charge is 0.366 e. The highest BCUT2D eigenvalue weighted by Gasteiger charge is 2.37. The molecule has 0 radical (unpaired) electrons. The first-order chi connectivity index (χ1) is 14.3. The molecule has 2 atom stereocenters. The standard InChI is InChI=1S/C22H19FN6/c23-15-3-1-14(2-4-15)22-27-19-6-5-17(28-12-16-9-18(28)11-25-16)10-20(19)29(22)21-7-8-24-13-26-21/h1-8,10,13,16,18,25H,9,11-12H2/t16-,18-/m1/s1. The topological polar surface area (TPSA) is 58.9 Å². The molecule has 6 nitrogen and oxygen atoms in total. The monoisotopic (exact) mass is 386 g/mol. The van der Waals surface area contributed by atoms with Crippen molar-refractivity contribution in [1.29, 1.82) is 0 Å². The van der Waals surface area contributed by atoms with Crippen molar-refractivity contribution < 1.29 is 4.39 Å². The van der Waals surface area contributed by atoms with Gasteiger partial charge in [0.1, 0.15) is 23.8 Å². The van der Waals surface area contributed by atoms with Crippen LogP contribution in [0.3, 0.4) is 0 Å². The lowest BCUT2D eigenvalue weighted by Crippen LogP contribution is -2.43. The minimum Gasteiger partial charge on any atom is -0.366 e. The van der Waals surface area contributed by atoms with Crippen LogP contribution in [0.4, 0.5) is 10.1 Å². The van der Waals surface area contributed by atoms with Gasteiger partial charge in [0, 0.05) is 42.6 Å². The van der Waals surface area contributed by atoms with E-state index < -0.39 is 0 Å². The van der Waals surface area contributed by atoms with Gasteiger partial charge in [0.05, 0.1) is 11.0 Å². The lowest BCUT2D eigenvalue weighted by atomic mass is 10.2. The van der Waals surface area contributed by atoms with Gasteiger partial charge in [-0.3, -0.25) is 4.57 Å². The number of nitrogens with zero attached hydrogens (tertiary/aromatic N) is 5. The Morgan fingerprint density at radius 2 is 1.97 bits per heavy atom. The van der Waals surface area contributed by atoms with Gasteiger partial charge in [-0.15, -0.1) is 0 Å². The van der Waals surface area contributed by atoms with Gasteiger partial charge in [-0.05, 0) is 55.0 Å². The lowest BCUT2D eigenvalue weighted by Gasteiger charge is -2.29. The number of piperazine rings is 1. The highest BCUT2D eigenvalue weighted by atomic mass is 19.1. The van der Waals surface area contributed by atoms with Gasteiger partial charge < -0.3 is 10.2 Å². The summed E-state index contributed by atoms with van der Waals surface area (Å²) >= 11 is 0. The van der Waals surface area contributed by atoms with E-state index in [2.05, 4.69) is 38.4 Å². The molecule has 2 bridgehead atoms. The van der Waals surface area contributed by atoms with Gasteiger partial charge in [0.25, 0.3) is 0 Å². The van der Waals surface area contributed by atoms with Crippen molar-refractivity contribution in [3.63, 3.8) is 0 Å².